The van der Waals surface area contributed by atoms with Crippen molar-refractivity contribution in [3.05, 3.63) is 33.3 Å². The van der Waals surface area contributed by atoms with E-state index in [1.54, 1.807) is 0 Å². The summed E-state index contributed by atoms with van der Waals surface area (Å²) < 4.78 is 37.5. The first-order valence-electron chi connectivity index (χ1n) is 3.48. The molecule has 1 aromatic rings. The molecule has 0 nitrogen and oxygen atoms in total. The zero-order valence-corrected chi connectivity index (χ0v) is 9.73. The maximum atomic E-state index is 12.5. The SMILES string of the molecule is FC(F)(F)c1c(CBr)ccc(Cl)c1Cl. The second-order valence-corrected chi connectivity index (χ2v) is 3.87. The Morgan fingerprint density at radius 3 is 2.21 bits per heavy atom. The highest BCUT2D eigenvalue weighted by Crippen LogP contribution is 2.41. The lowest BCUT2D eigenvalue weighted by atomic mass is 10.1. The van der Waals surface area contributed by atoms with Crippen LogP contribution >= 0.6 is 39.1 Å². The Hall–Kier alpha value is 0.0700. The van der Waals surface area contributed by atoms with E-state index in [1.165, 1.54) is 12.1 Å². The Morgan fingerprint density at radius 2 is 1.79 bits per heavy atom. The first-order chi connectivity index (χ1) is 6.38. The largest absolute Gasteiger partial charge is 0.418 e. The Morgan fingerprint density at radius 1 is 1.21 bits per heavy atom. The van der Waals surface area contributed by atoms with Crippen LogP contribution in [0.4, 0.5) is 13.2 Å². The van der Waals surface area contributed by atoms with Gasteiger partial charge in [-0.1, -0.05) is 45.2 Å². The average molecular weight is 308 g/mol. The summed E-state index contributed by atoms with van der Waals surface area (Å²) in [6, 6.07) is 2.64. The second-order valence-electron chi connectivity index (χ2n) is 2.53. The molecular formula is C8H4BrCl2F3. The predicted octanol–water partition coefficient (Wildman–Crippen LogP) is 4.91. The topological polar surface area (TPSA) is 0 Å². The van der Waals surface area contributed by atoms with Gasteiger partial charge < -0.3 is 0 Å². The maximum absolute atomic E-state index is 12.5. The van der Waals surface area contributed by atoms with Crippen LogP contribution in [0.1, 0.15) is 11.1 Å². The quantitative estimate of drug-likeness (QED) is 0.647. The van der Waals surface area contributed by atoms with Gasteiger partial charge in [0.15, 0.2) is 0 Å². The number of hydrogen-bond acceptors (Lipinski definition) is 0. The molecule has 0 aliphatic rings. The zero-order valence-electron chi connectivity index (χ0n) is 6.63. The summed E-state index contributed by atoms with van der Waals surface area (Å²) in [7, 11) is 0. The van der Waals surface area contributed by atoms with Gasteiger partial charge in [0, 0.05) is 5.33 Å². The predicted molar refractivity (Wildman–Crippen MR) is 54.1 cm³/mol. The summed E-state index contributed by atoms with van der Waals surface area (Å²) in [6.45, 7) is 0. The van der Waals surface area contributed by atoms with E-state index in [1.807, 2.05) is 0 Å². The molecule has 0 radical (unpaired) electrons. The Labute approximate surface area is 97.1 Å². The molecule has 0 bridgehead atoms. The van der Waals surface area contributed by atoms with E-state index in [0.717, 1.165) is 0 Å². The third kappa shape index (κ3) is 2.35. The minimum Gasteiger partial charge on any atom is -0.166 e. The fraction of sp³-hybridized carbons (Fsp3) is 0.250. The van der Waals surface area contributed by atoms with Gasteiger partial charge in [-0.2, -0.15) is 13.2 Å². The molecule has 0 amide bonds. The first kappa shape index (κ1) is 12.1. The number of rotatable bonds is 1. The molecule has 0 unspecified atom stereocenters. The first-order valence-corrected chi connectivity index (χ1v) is 5.35. The van der Waals surface area contributed by atoms with Crippen LogP contribution in [0.2, 0.25) is 10.0 Å². The molecule has 0 saturated carbocycles. The molecule has 0 N–H and O–H groups in total. The van der Waals surface area contributed by atoms with Crippen molar-refractivity contribution in [3.8, 4) is 0 Å². The molecule has 0 fully saturated rings. The monoisotopic (exact) mass is 306 g/mol. The van der Waals surface area contributed by atoms with Crippen LogP contribution < -0.4 is 0 Å². The molecule has 78 valence electrons. The zero-order chi connectivity index (χ0) is 10.9. The third-order valence-corrected chi connectivity index (χ3v) is 3.02. The third-order valence-electron chi connectivity index (χ3n) is 1.61. The van der Waals surface area contributed by atoms with Gasteiger partial charge >= 0.3 is 6.18 Å². The van der Waals surface area contributed by atoms with Crippen molar-refractivity contribution in [1.29, 1.82) is 0 Å². The fourth-order valence-electron chi connectivity index (χ4n) is 1.01. The van der Waals surface area contributed by atoms with Gasteiger partial charge in [-0.05, 0) is 11.6 Å². The van der Waals surface area contributed by atoms with E-state index < -0.39 is 16.8 Å². The normalized spacial score (nSPS) is 11.9. The van der Waals surface area contributed by atoms with Gasteiger partial charge in [0.1, 0.15) is 0 Å². The average Bonchev–Trinajstić information content (AvgIpc) is 2.07. The Balaban J connectivity index is 3.44. The van der Waals surface area contributed by atoms with Crippen molar-refractivity contribution in [2.75, 3.05) is 0 Å². The van der Waals surface area contributed by atoms with E-state index in [4.69, 9.17) is 23.2 Å². The Kier molecular flexibility index (Phi) is 3.72. The molecule has 0 atom stereocenters. The van der Waals surface area contributed by atoms with Crippen LogP contribution in [0.3, 0.4) is 0 Å². The van der Waals surface area contributed by atoms with Crippen LogP contribution in [0.15, 0.2) is 12.1 Å². The Bertz CT molecular complexity index is 349. The van der Waals surface area contributed by atoms with Gasteiger partial charge in [-0.3, -0.25) is 0 Å². The molecule has 0 aromatic heterocycles. The second kappa shape index (κ2) is 4.29. The highest BCUT2D eigenvalue weighted by molar-refractivity contribution is 9.08. The van der Waals surface area contributed by atoms with Crippen molar-refractivity contribution in [2.45, 2.75) is 11.5 Å². The van der Waals surface area contributed by atoms with Crippen LogP contribution in [0.5, 0.6) is 0 Å². The number of hydrogen-bond donors (Lipinski definition) is 0. The molecule has 0 saturated heterocycles. The van der Waals surface area contributed by atoms with E-state index in [-0.39, 0.29) is 15.9 Å². The van der Waals surface area contributed by atoms with Gasteiger partial charge in [0.05, 0.1) is 15.6 Å². The number of halogens is 6. The fourth-order valence-corrected chi connectivity index (χ4v) is 1.92. The minimum absolute atomic E-state index is 0.0758. The van der Waals surface area contributed by atoms with Crippen LogP contribution in [-0.2, 0) is 11.5 Å². The molecular weight excluding hydrogens is 304 g/mol. The van der Waals surface area contributed by atoms with Gasteiger partial charge in [-0.15, -0.1) is 0 Å². The smallest absolute Gasteiger partial charge is 0.166 e. The molecule has 1 aromatic carbocycles. The summed E-state index contributed by atoms with van der Waals surface area (Å²) in [5, 5.41) is -0.460. The summed E-state index contributed by atoms with van der Waals surface area (Å²) in [5.41, 5.74) is -0.796. The standard InChI is InChI=1S/C8H4BrCl2F3/c9-3-4-1-2-5(10)7(11)6(4)8(12,13)14/h1-2H,3H2. The molecule has 0 aliphatic heterocycles. The lowest BCUT2D eigenvalue weighted by molar-refractivity contribution is -0.137. The minimum atomic E-state index is -4.48. The number of alkyl halides is 4. The molecule has 6 heteroatoms. The molecule has 0 aliphatic carbocycles. The highest BCUT2D eigenvalue weighted by atomic mass is 79.9. The number of benzene rings is 1. The van der Waals surface area contributed by atoms with Crippen molar-refractivity contribution in [3.63, 3.8) is 0 Å². The van der Waals surface area contributed by atoms with Crippen molar-refractivity contribution in [2.24, 2.45) is 0 Å². The lowest BCUT2D eigenvalue weighted by Crippen LogP contribution is -2.09. The molecule has 14 heavy (non-hydrogen) atoms. The van der Waals surface area contributed by atoms with Crippen LogP contribution in [-0.4, -0.2) is 0 Å². The van der Waals surface area contributed by atoms with Gasteiger partial charge in [0.2, 0.25) is 0 Å². The summed E-state index contributed by atoms with van der Waals surface area (Å²) in [6.07, 6.45) is -4.48. The van der Waals surface area contributed by atoms with Gasteiger partial charge in [0.25, 0.3) is 0 Å². The van der Waals surface area contributed by atoms with Crippen LogP contribution in [0.25, 0.3) is 0 Å². The van der Waals surface area contributed by atoms with Crippen molar-refractivity contribution in [1.82, 2.24) is 0 Å². The van der Waals surface area contributed by atoms with E-state index >= 15 is 0 Å². The van der Waals surface area contributed by atoms with Gasteiger partial charge in [-0.25, -0.2) is 0 Å². The summed E-state index contributed by atoms with van der Waals surface area (Å²) in [5.74, 6) is 0. The maximum Gasteiger partial charge on any atom is 0.418 e. The molecule has 1 rings (SSSR count). The van der Waals surface area contributed by atoms with E-state index in [2.05, 4.69) is 15.9 Å². The molecule has 0 spiro atoms. The van der Waals surface area contributed by atoms with E-state index in [9.17, 15) is 13.2 Å². The van der Waals surface area contributed by atoms with Crippen molar-refractivity contribution >= 4 is 39.1 Å². The summed E-state index contributed by atoms with van der Waals surface area (Å²) >= 11 is 13.9. The van der Waals surface area contributed by atoms with Crippen LogP contribution in [0, 0.1) is 0 Å². The van der Waals surface area contributed by atoms with E-state index in [0.29, 0.717) is 0 Å². The molecule has 0 heterocycles. The highest BCUT2D eigenvalue weighted by Gasteiger charge is 2.36. The van der Waals surface area contributed by atoms with Crippen molar-refractivity contribution < 1.29 is 13.2 Å². The lowest BCUT2D eigenvalue weighted by Gasteiger charge is -2.13. The summed E-state index contributed by atoms with van der Waals surface area (Å²) in [4.78, 5) is 0.